The number of ether oxygens (including phenoxy) is 1. The zero-order valence-corrected chi connectivity index (χ0v) is 15.2. The highest BCUT2D eigenvalue weighted by Crippen LogP contribution is 2.27. The third-order valence-corrected chi connectivity index (χ3v) is 3.44. The minimum atomic E-state index is -0.569. The van der Waals surface area contributed by atoms with Crippen LogP contribution < -0.4 is 15.4 Å². The molecule has 0 radical (unpaired) electrons. The average Bonchev–Trinajstić information content (AvgIpc) is 2.59. The van der Waals surface area contributed by atoms with Crippen molar-refractivity contribution in [3.63, 3.8) is 0 Å². The Kier molecular flexibility index (Phi) is 7.25. The van der Waals surface area contributed by atoms with Gasteiger partial charge in [0.2, 0.25) is 0 Å². The molecule has 2 amide bonds. The molecule has 0 saturated carbocycles. The van der Waals surface area contributed by atoms with Crippen molar-refractivity contribution in [2.45, 2.75) is 0 Å². The molecule has 0 heterocycles. The summed E-state index contributed by atoms with van der Waals surface area (Å²) in [6.07, 6.45) is 0.896. The van der Waals surface area contributed by atoms with Gasteiger partial charge in [0.05, 0.1) is 12.8 Å². The molecule has 7 nitrogen and oxygen atoms in total. The van der Waals surface area contributed by atoms with Gasteiger partial charge in [-0.1, -0.05) is 34.4 Å². The number of nitrogens with one attached hydrogen (secondary N) is 2. The fourth-order valence-electron chi connectivity index (χ4n) is 1.89. The van der Waals surface area contributed by atoms with Crippen LogP contribution in [0.25, 0.3) is 0 Å². The number of amides is 2. The highest BCUT2D eigenvalue weighted by Gasteiger charge is 2.07. The second-order valence-corrected chi connectivity index (χ2v) is 5.77. The van der Waals surface area contributed by atoms with Crippen molar-refractivity contribution in [2.75, 3.05) is 24.4 Å². The van der Waals surface area contributed by atoms with E-state index in [0.29, 0.717) is 27.2 Å². The van der Waals surface area contributed by atoms with Crippen LogP contribution in [0.4, 0.5) is 11.4 Å². The van der Waals surface area contributed by atoms with E-state index in [4.69, 9.17) is 32.8 Å². The first-order chi connectivity index (χ1) is 12.5. The number of carbonyl (C=O) groups excluding carboxylic acids is 2. The number of carbonyl (C=O) groups is 2. The van der Waals surface area contributed by atoms with Gasteiger partial charge in [0.1, 0.15) is 12.0 Å². The zero-order valence-electron chi connectivity index (χ0n) is 13.7. The molecule has 0 aliphatic rings. The number of methoxy groups -OCH3 is 1. The van der Waals surface area contributed by atoms with Crippen LogP contribution >= 0.6 is 23.2 Å². The second-order valence-electron chi connectivity index (χ2n) is 4.90. The van der Waals surface area contributed by atoms with Crippen LogP contribution in [-0.2, 0) is 14.4 Å². The summed E-state index contributed by atoms with van der Waals surface area (Å²) in [5, 5.41) is 9.50. The maximum Gasteiger partial charge on any atom is 0.270 e. The number of hydrogen-bond donors (Lipinski definition) is 2. The molecule has 0 aliphatic heterocycles. The molecule has 2 N–H and O–H groups in total. The summed E-state index contributed by atoms with van der Waals surface area (Å²) in [7, 11) is 1.47. The van der Waals surface area contributed by atoms with E-state index < -0.39 is 11.8 Å². The Balaban J connectivity index is 1.80. The normalized spacial score (nSPS) is 10.4. The van der Waals surface area contributed by atoms with E-state index in [1.807, 2.05) is 0 Å². The van der Waals surface area contributed by atoms with Gasteiger partial charge in [0, 0.05) is 15.7 Å². The van der Waals surface area contributed by atoms with E-state index in [1.54, 1.807) is 36.4 Å². The molecule has 0 atom stereocenters. The minimum absolute atomic E-state index is 0.364. The fraction of sp³-hybridized carbons (Fsp3) is 0.118. The Morgan fingerprint density at radius 2 is 1.88 bits per heavy atom. The standard InChI is InChI=1S/C17H15Cl2N3O4/c1-25-15-6-5-12(19)8-14(15)22-16(23)9-20-26-10-17(24)21-13-4-2-3-11(18)7-13/h2-9H,10H2,1H3,(H,21,24)(H,22,23)/b20-9-. The van der Waals surface area contributed by atoms with Gasteiger partial charge in [0.25, 0.3) is 11.8 Å². The molecular weight excluding hydrogens is 381 g/mol. The molecule has 0 unspecified atom stereocenters. The SMILES string of the molecule is COc1ccc(Cl)cc1NC(=O)/C=N\OCC(=O)Nc1cccc(Cl)c1. The summed E-state index contributed by atoms with van der Waals surface area (Å²) >= 11 is 11.7. The van der Waals surface area contributed by atoms with Gasteiger partial charge < -0.3 is 20.2 Å². The molecule has 26 heavy (non-hydrogen) atoms. The topological polar surface area (TPSA) is 89.0 Å². The van der Waals surface area contributed by atoms with Crippen molar-refractivity contribution < 1.29 is 19.2 Å². The number of hydrogen-bond acceptors (Lipinski definition) is 5. The molecule has 2 aromatic carbocycles. The molecule has 0 fully saturated rings. The van der Waals surface area contributed by atoms with Crippen molar-refractivity contribution in [1.82, 2.24) is 0 Å². The van der Waals surface area contributed by atoms with Crippen LogP contribution in [0.15, 0.2) is 47.6 Å². The fourth-order valence-corrected chi connectivity index (χ4v) is 2.25. The number of anilines is 2. The monoisotopic (exact) mass is 395 g/mol. The van der Waals surface area contributed by atoms with E-state index in [2.05, 4.69) is 15.8 Å². The van der Waals surface area contributed by atoms with Crippen LogP contribution in [0.2, 0.25) is 10.0 Å². The quantitative estimate of drug-likeness (QED) is 0.553. The Labute approximate surface area is 159 Å². The lowest BCUT2D eigenvalue weighted by atomic mass is 10.3. The third-order valence-electron chi connectivity index (χ3n) is 2.97. The van der Waals surface area contributed by atoms with Gasteiger partial charge in [-0.25, -0.2) is 0 Å². The molecule has 2 rings (SSSR count). The molecule has 0 spiro atoms. The predicted molar refractivity (Wildman–Crippen MR) is 101 cm³/mol. The number of oxime groups is 1. The lowest BCUT2D eigenvalue weighted by Gasteiger charge is -2.08. The number of nitrogens with zero attached hydrogens (tertiary/aromatic N) is 1. The second kappa shape index (κ2) is 9.65. The maximum absolute atomic E-state index is 11.8. The van der Waals surface area contributed by atoms with Gasteiger partial charge in [-0.2, -0.15) is 0 Å². The maximum atomic E-state index is 11.8. The Hall–Kier alpha value is -2.77. The summed E-state index contributed by atoms with van der Waals surface area (Å²) in [6.45, 7) is -0.364. The van der Waals surface area contributed by atoms with Gasteiger partial charge in [-0.05, 0) is 36.4 Å². The zero-order chi connectivity index (χ0) is 18.9. The molecule has 0 aliphatic carbocycles. The number of halogens is 2. The summed E-state index contributed by atoms with van der Waals surface area (Å²) < 4.78 is 5.11. The number of rotatable bonds is 7. The lowest BCUT2D eigenvalue weighted by molar-refractivity contribution is -0.120. The lowest BCUT2D eigenvalue weighted by Crippen LogP contribution is -2.18. The summed E-state index contributed by atoms with van der Waals surface area (Å²) in [6, 6.07) is 11.4. The molecule has 136 valence electrons. The van der Waals surface area contributed by atoms with E-state index in [1.165, 1.54) is 13.2 Å². The van der Waals surface area contributed by atoms with Crippen LogP contribution in [0.3, 0.4) is 0 Å². The van der Waals surface area contributed by atoms with Crippen LogP contribution in [-0.4, -0.2) is 31.7 Å². The van der Waals surface area contributed by atoms with Crippen LogP contribution in [0, 0.1) is 0 Å². The van der Waals surface area contributed by atoms with Gasteiger partial charge >= 0.3 is 0 Å². The van der Waals surface area contributed by atoms with Gasteiger partial charge in [-0.3, -0.25) is 9.59 Å². The Bertz CT molecular complexity index is 827. The summed E-state index contributed by atoms with van der Waals surface area (Å²) in [4.78, 5) is 28.3. The van der Waals surface area contributed by atoms with Crippen molar-refractivity contribution in [2.24, 2.45) is 5.16 Å². The van der Waals surface area contributed by atoms with Crippen molar-refractivity contribution in [3.8, 4) is 5.75 Å². The van der Waals surface area contributed by atoms with Gasteiger partial charge in [0.15, 0.2) is 6.61 Å². The third kappa shape index (κ3) is 6.27. The van der Waals surface area contributed by atoms with Crippen molar-refractivity contribution >= 4 is 52.6 Å². The molecule has 0 bridgehead atoms. The van der Waals surface area contributed by atoms with E-state index in [9.17, 15) is 9.59 Å². The van der Waals surface area contributed by atoms with E-state index in [-0.39, 0.29) is 6.61 Å². The minimum Gasteiger partial charge on any atom is -0.495 e. The molecule has 9 heteroatoms. The molecular formula is C17H15Cl2N3O4. The largest absolute Gasteiger partial charge is 0.495 e. The van der Waals surface area contributed by atoms with E-state index in [0.717, 1.165) is 6.21 Å². The Morgan fingerprint density at radius 3 is 2.62 bits per heavy atom. The summed E-state index contributed by atoms with van der Waals surface area (Å²) in [5.74, 6) is -0.569. The van der Waals surface area contributed by atoms with E-state index >= 15 is 0 Å². The van der Waals surface area contributed by atoms with Crippen molar-refractivity contribution in [3.05, 3.63) is 52.5 Å². The average molecular weight is 396 g/mol. The summed E-state index contributed by atoms with van der Waals surface area (Å²) in [5.41, 5.74) is 0.913. The highest BCUT2D eigenvalue weighted by molar-refractivity contribution is 6.33. The van der Waals surface area contributed by atoms with Gasteiger partial charge in [-0.15, -0.1) is 0 Å². The smallest absolute Gasteiger partial charge is 0.270 e. The molecule has 2 aromatic rings. The van der Waals surface area contributed by atoms with Crippen molar-refractivity contribution in [1.29, 1.82) is 0 Å². The first-order valence-electron chi connectivity index (χ1n) is 7.33. The molecule has 0 aromatic heterocycles. The number of benzene rings is 2. The first kappa shape index (κ1) is 19.6. The highest BCUT2D eigenvalue weighted by atomic mass is 35.5. The van der Waals surface area contributed by atoms with Crippen LogP contribution in [0.5, 0.6) is 5.75 Å². The Morgan fingerprint density at radius 1 is 1.12 bits per heavy atom. The first-order valence-corrected chi connectivity index (χ1v) is 8.09. The van der Waals surface area contributed by atoms with Crippen LogP contribution in [0.1, 0.15) is 0 Å². The molecule has 0 saturated heterocycles. The predicted octanol–water partition coefficient (Wildman–Crippen LogP) is 3.58.